The van der Waals surface area contributed by atoms with Crippen LogP contribution in [0.25, 0.3) is 0 Å². The van der Waals surface area contributed by atoms with E-state index in [-0.39, 0.29) is 11.8 Å². The van der Waals surface area contributed by atoms with E-state index in [2.05, 4.69) is 4.36 Å². The number of rotatable bonds is 5. The first kappa shape index (κ1) is 25.0. The van der Waals surface area contributed by atoms with Gasteiger partial charge in [0, 0.05) is 18.4 Å². The summed E-state index contributed by atoms with van der Waals surface area (Å²) in [5.74, 6) is -1.29. The summed E-state index contributed by atoms with van der Waals surface area (Å²) in [6.45, 7) is 3.81. The Labute approximate surface area is 192 Å². The van der Waals surface area contributed by atoms with Crippen LogP contribution in [-0.4, -0.2) is 33.2 Å². The van der Waals surface area contributed by atoms with Crippen molar-refractivity contribution in [2.45, 2.75) is 47.9 Å². The van der Waals surface area contributed by atoms with Gasteiger partial charge in [0.25, 0.3) is 9.70 Å². The number of ether oxygens (including phenoxy) is 1. The van der Waals surface area contributed by atoms with E-state index in [1.165, 1.54) is 7.05 Å². The molecule has 0 aliphatic heterocycles. The quantitative estimate of drug-likeness (QED) is 0.549. The Balaban J connectivity index is 2.28. The molecular weight excluding hydrogens is 471 g/mol. The molecule has 1 aromatic carbocycles. The first-order valence-corrected chi connectivity index (χ1v) is 12.2. The lowest BCUT2D eigenvalue weighted by Gasteiger charge is -2.28. The molecule has 0 radical (unpaired) electrons. The van der Waals surface area contributed by atoms with Crippen LogP contribution in [0.3, 0.4) is 0 Å². The van der Waals surface area contributed by atoms with E-state index in [9.17, 15) is 13.8 Å². The van der Waals surface area contributed by atoms with Crippen LogP contribution in [0.15, 0.2) is 50.6 Å². The van der Waals surface area contributed by atoms with E-state index < -0.39 is 31.6 Å². The Morgan fingerprint density at radius 3 is 2.43 bits per heavy atom. The minimum Gasteiger partial charge on any atom is -0.445 e. The summed E-state index contributed by atoms with van der Waals surface area (Å²) in [5, 5.41) is 3.65. The number of alkyl carbamates (subject to hydrolysis) is 1. The Kier molecular flexibility index (Phi) is 8.62. The van der Waals surface area contributed by atoms with Crippen LogP contribution < -0.4 is 5.32 Å². The fourth-order valence-corrected chi connectivity index (χ4v) is 5.31. The number of hydrogen-bond acceptors (Lipinski definition) is 5. The van der Waals surface area contributed by atoms with Gasteiger partial charge < -0.3 is 4.74 Å². The van der Waals surface area contributed by atoms with E-state index >= 15 is 0 Å². The number of nitrogens with zero attached hydrogens (tertiary/aromatic N) is 1. The molecule has 1 aliphatic rings. The van der Waals surface area contributed by atoms with Gasteiger partial charge >= 0.3 is 6.09 Å². The Morgan fingerprint density at radius 1 is 1.27 bits per heavy atom. The van der Waals surface area contributed by atoms with Crippen molar-refractivity contribution in [2.24, 2.45) is 16.2 Å². The number of carbonyl (C=O) groups is 2. The lowest BCUT2D eigenvalue weighted by Crippen LogP contribution is -2.42. The van der Waals surface area contributed by atoms with Gasteiger partial charge in [0.1, 0.15) is 6.10 Å². The molecule has 2 amide bonds. The highest BCUT2D eigenvalue weighted by molar-refractivity contribution is 7.96. The third-order valence-corrected chi connectivity index (χ3v) is 7.52. The van der Waals surface area contributed by atoms with Crippen LogP contribution in [0.5, 0.6) is 0 Å². The second-order valence-corrected chi connectivity index (χ2v) is 11.8. The molecule has 3 atom stereocenters. The van der Waals surface area contributed by atoms with Gasteiger partial charge in [0.05, 0.1) is 14.6 Å². The number of hydrogen-bond donors (Lipinski definition) is 1. The number of nitrogens with one attached hydrogen (secondary N) is 1. The second kappa shape index (κ2) is 10.4. The van der Waals surface area contributed by atoms with Crippen molar-refractivity contribution < 1.29 is 18.5 Å². The summed E-state index contributed by atoms with van der Waals surface area (Å²) in [5.41, 5.74) is 0.925. The highest BCUT2D eigenvalue weighted by Crippen LogP contribution is 2.39. The van der Waals surface area contributed by atoms with Gasteiger partial charge in [-0.15, -0.1) is 0 Å². The largest absolute Gasteiger partial charge is 0.445 e. The van der Waals surface area contributed by atoms with Crippen LogP contribution in [0.2, 0.25) is 0 Å². The third kappa shape index (κ3) is 6.36. The molecule has 30 heavy (non-hydrogen) atoms. The topological polar surface area (TPSA) is 84.8 Å². The highest BCUT2D eigenvalue weighted by atomic mass is 35.6. The minimum atomic E-state index is -2.75. The zero-order valence-electron chi connectivity index (χ0n) is 16.9. The predicted octanol–water partition coefficient (Wildman–Crippen LogP) is 5.47. The van der Waals surface area contributed by atoms with Gasteiger partial charge in [0.15, 0.2) is 0 Å². The monoisotopic (exact) mass is 494 g/mol. The van der Waals surface area contributed by atoms with Gasteiger partial charge in [-0.25, -0.2) is 13.4 Å². The van der Waals surface area contributed by atoms with Crippen molar-refractivity contribution in [3.63, 3.8) is 0 Å². The second-order valence-electron chi connectivity index (χ2n) is 7.32. The van der Waals surface area contributed by atoms with Crippen LogP contribution in [-0.2, 0) is 19.3 Å². The SMILES string of the molecule is CN=S(=O)(/C=C1/CCC[C@H]1[C@@H](OC(=O)NC(=O)C(Cl)(Cl)Cl)C(C)C)c1ccccc1. The maximum absolute atomic E-state index is 13.5. The smallest absolute Gasteiger partial charge is 0.414 e. The molecule has 6 nitrogen and oxygen atoms in total. The Morgan fingerprint density at radius 2 is 1.90 bits per heavy atom. The van der Waals surface area contributed by atoms with Crippen LogP contribution in [0.1, 0.15) is 33.1 Å². The summed E-state index contributed by atoms with van der Waals surface area (Å²) in [6.07, 6.45) is 0.823. The lowest BCUT2D eigenvalue weighted by atomic mass is 9.89. The molecule has 166 valence electrons. The molecule has 1 N–H and O–H groups in total. The maximum atomic E-state index is 13.5. The molecule has 2 rings (SSSR count). The van der Waals surface area contributed by atoms with E-state index in [1.807, 2.05) is 37.4 Å². The average Bonchev–Trinajstić information content (AvgIpc) is 3.13. The van der Waals surface area contributed by atoms with Crippen molar-refractivity contribution in [1.29, 1.82) is 0 Å². The van der Waals surface area contributed by atoms with Gasteiger partial charge in [-0.2, -0.15) is 0 Å². The Hall–Kier alpha value is -1.28. The molecule has 0 saturated heterocycles. The number of carbonyl (C=O) groups excluding carboxylic acids is 2. The molecule has 0 aromatic heterocycles. The maximum Gasteiger partial charge on any atom is 0.414 e. The summed E-state index contributed by atoms with van der Waals surface area (Å²) in [4.78, 5) is 24.6. The fraction of sp³-hybridized carbons (Fsp3) is 0.500. The lowest BCUT2D eigenvalue weighted by molar-refractivity contribution is -0.119. The normalized spacial score (nSPS) is 21.2. The predicted molar refractivity (Wildman–Crippen MR) is 120 cm³/mol. The first-order chi connectivity index (χ1) is 14.0. The summed E-state index contributed by atoms with van der Waals surface area (Å²) < 4.78 is 20.9. The Bertz CT molecular complexity index is 920. The van der Waals surface area contributed by atoms with Crippen LogP contribution in [0.4, 0.5) is 4.79 Å². The third-order valence-electron chi connectivity index (χ3n) is 4.89. The van der Waals surface area contributed by atoms with Gasteiger partial charge in [0.2, 0.25) is 0 Å². The van der Waals surface area contributed by atoms with Crippen LogP contribution in [0, 0.1) is 11.8 Å². The van der Waals surface area contributed by atoms with E-state index in [0.29, 0.717) is 4.90 Å². The molecule has 1 unspecified atom stereocenters. The van der Waals surface area contributed by atoms with E-state index in [0.717, 1.165) is 24.8 Å². The molecule has 0 spiro atoms. The van der Waals surface area contributed by atoms with E-state index in [1.54, 1.807) is 17.5 Å². The molecule has 1 aliphatic carbocycles. The molecule has 1 fully saturated rings. The average molecular weight is 496 g/mol. The summed E-state index contributed by atoms with van der Waals surface area (Å²) in [7, 11) is -1.22. The van der Waals surface area contributed by atoms with Crippen molar-refractivity contribution in [1.82, 2.24) is 5.32 Å². The number of amides is 2. The molecule has 0 bridgehead atoms. The first-order valence-electron chi connectivity index (χ1n) is 9.47. The molecule has 10 heteroatoms. The van der Waals surface area contributed by atoms with Gasteiger partial charge in [-0.1, -0.05) is 72.4 Å². The number of benzene rings is 1. The van der Waals surface area contributed by atoms with Crippen molar-refractivity contribution in [3.05, 3.63) is 41.3 Å². The van der Waals surface area contributed by atoms with Crippen molar-refractivity contribution >= 4 is 56.5 Å². The summed E-state index contributed by atoms with van der Waals surface area (Å²) >= 11 is 16.5. The number of alkyl halides is 3. The minimum absolute atomic E-state index is 0.0588. The van der Waals surface area contributed by atoms with Crippen molar-refractivity contribution in [3.8, 4) is 0 Å². The standard InChI is InChI=1S/C20H25Cl3N2O4S/c1-13(2)17(29-19(27)25-18(26)20(21,22)23)16-11-7-8-14(16)12-30(28,24-3)15-9-5-4-6-10-15/h4-6,9-10,12-13,16-17H,7-8,11H2,1-3H3,(H,25,26,27)/b14-12-/t16-,17+,30?/m1/s1. The molecule has 0 heterocycles. The van der Waals surface area contributed by atoms with Gasteiger partial charge in [-0.05, 0) is 37.3 Å². The molecular formula is C20H25Cl3N2O4S. The molecule has 1 aromatic rings. The van der Waals surface area contributed by atoms with Gasteiger partial charge in [-0.3, -0.25) is 10.1 Å². The number of imide groups is 1. The fourth-order valence-electron chi connectivity index (χ4n) is 3.46. The molecule has 1 saturated carbocycles. The summed E-state index contributed by atoms with van der Waals surface area (Å²) in [6, 6.07) is 9.04. The zero-order chi connectivity index (χ0) is 22.5. The number of halogens is 3. The highest BCUT2D eigenvalue weighted by Gasteiger charge is 2.37. The van der Waals surface area contributed by atoms with E-state index in [4.69, 9.17) is 39.5 Å². The zero-order valence-corrected chi connectivity index (χ0v) is 20.0. The van der Waals surface area contributed by atoms with Crippen molar-refractivity contribution in [2.75, 3.05) is 7.05 Å². The van der Waals surface area contributed by atoms with Crippen LogP contribution >= 0.6 is 34.8 Å².